The number of ether oxygens (including phenoxy) is 2. The van der Waals surface area contributed by atoms with Gasteiger partial charge in [0.2, 0.25) is 5.75 Å². The van der Waals surface area contributed by atoms with Crippen LogP contribution in [0.25, 0.3) is 33.3 Å². The molecule has 0 aliphatic rings. The van der Waals surface area contributed by atoms with Gasteiger partial charge >= 0.3 is 5.69 Å². The summed E-state index contributed by atoms with van der Waals surface area (Å²) >= 11 is 0. The van der Waals surface area contributed by atoms with E-state index in [1.807, 2.05) is 60.7 Å². The van der Waals surface area contributed by atoms with Crippen LogP contribution in [0.1, 0.15) is 5.56 Å². The van der Waals surface area contributed by atoms with Gasteiger partial charge < -0.3 is 19.3 Å². The van der Waals surface area contributed by atoms with Crippen LogP contribution in [0.15, 0.2) is 90.1 Å². The van der Waals surface area contributed by atoms with E-state index in [1.54, 1.807) is 13.2 Å². The molecule has 5 rings (SSSR count). The Hall–Kier alpha value is -5.71. The minimum absolute atomic E-state index is 0.253. The lowest BCUT2D eigenvalue weighted by molar-refractivity contribution is -0.394. The molecule has 0 bridgehead atoms. The number of nitrogens with zero attached hydrogens (tertiary/aromatic N) is 3. The maximum Gasteiger partial charge on any atom is 0.321 e. The molecule has 4 aromatic carbocycles. The Balaban J connectivity index is 1.69. The molecule has 5 aromatic rings. The molecule has 0 saturated heterocycles. The van der Waals surface area contributed by atoms with Crippen molar-refractivity contribution in [2.45, 2.75) is 0 Å². The van der Waals surface area contributed by atoms with Crippen molar-refractivity contribution in [3.8, 4) is 39.6 Å². The summed E-state index contributed by atoms with van der Waals surface area (Å²) in [6.07, 6.45) is 1.37. The first-order chi connectivity index (χ1) is 19.4. The van der Waals surface area contributed by atoms with Gasteiger partial charge in [-0.05, 0) is 17.2 Å². The fourth-order valence-corrected chi connectivity index (χ4v) is 4.49. The monoisotopic (exact) mass is 538 g/mol. The van der Waals surface area contributed by atoms with Crippen LogP contribution >= 0.6 is 0 Å². The second-order valence-electron chi connectivity index (χ2n) is 8.54. The number of oxime groups is 1. The summed E-state index contributed by atoms with van der Waals surface area (Å²) in [7, 11) is 3.07. The standard InChI is InChI=1S/C29H22N4O7/c1-38-24-16-25(39-2)27-26(18-9-5-3-6-10-18)28(19-11-7-4-8-12-19)31-29(27)21(24)17-30-40-23-14-13-20(32(34)35)15-22(23)33(36)37/h3-17,31H,1-2H3/b30-17+. The van der Waals surface area contributed by atoms with Gasteiger partial charge in [0.15, 0.2) is 0 Å². The normalized spacial score (nSPS) is 11.1. The van der Waals surface area contributed by atoms with E-state index in [9.17, 15) is 20.2 Å². The van der Waals surface area contributed by atoms with Gasteiger partial charge in [0.1, 0.15) is 11.5 Å². The molecule has 40 heavy (non-hydrogen) atoms. The number of H-pyrrole nitrogens is 1. The van der Waals surface area contributed by atoms with Crippen LogP contribution in [0, 0.1) is 20.2 Å². The van der Waals surface area contributed by atoms with Gasteiger partial charge in [-0.1, -0.05) is 65.8 Å². The molecule has 0 radical (unpaired) electrons. The number of non-ortho nitro benzene ring substituents is 1. The van der Waals surface area contributed by atoms with Crippen molar-refractivity contribution in [2.75, 3.05) is 14.2 Å². The smallest absolute Gasteiger partial charge is 0.321 e. The van der Waals surface area contributed by atoms with Gasteiger partial charge in [-0.15, -0.1) is 0 Å². The molecule has 0 unspecified atom stereocenters. The average molecular weight is 539 g/mol. The zero-order chi connectivity index (χ0) is 28.2. The Morgan fingerprint density at radius 3 is 2.02 bits per heavy atom. The fraction of sp³-hybridized carbons (Fsp3) is 0.0690. The molecular formula is C29H22N4O7. The van der Waals surface area contributed by atoms with E-state index < -0.39 is 21.2 Å². The third-order valence-electron chi connectivity index (χ3n) is 6.29. The molecule has 0 aliphatic carbocycles. The van der Waals surface area contributed by atoms with E-state index in [4.69, 9.17) is 14.3 Å². The number of nitro benzene ring substituents is 2. The zero-order valence-corrected chi connectivity index (χ0v) is 21.4. The Labute approximate surface area is 227 Å². The summed E-state index contributed by atoms with van der Waals surface area (Å²) < 4.78 is 11.4. The third-order valence-corrected chi connectivity index (χ3v) is 6.29. The van der Waals surface area contributed by atoms with Crippen LogP contribution in [-0.4, -0.2) is 35.3 Å². The average Bonchev–Trinajstić information content (AvgIpc) is 3.38. The first-order valence-electron chi connectivity index (χ1n) is 12.0. The van der Waals surface area contributed by atoms with E-state index in [0.29, 0.717) is 22.6 Å². The number of aromatic nitrogens is 1. The molecule has 11 heteroatoms. The van der Waals surface area contributed by atoms with Crippen molar-refractivity contribution < 1.29 is 24.2 Å². The van der Waals surface area contributed by atoms with Crippen LogP contribution in [0.5, 0.6) is 17.2 Å². The van der Waals surface area contributed by atoms with Crippen molar-refractivity contribution in [3.63, 3.8) is 0 Å². The minimum Gasteiger partial charge on any atom is -0.496 e. The Bertz CT molecular complexity index is 1750. The molecule has 200 valence electrons. The highest BCUT2D eigenvalue weighted by atomic mass is 16.7. The van der Waals surface area contributed by atoms with Gasteiger partial charge in [0.25, 0.3) is 5.69 Å². The molecule has 1 aromatic heterocycles. The van der Waals surface area contributed by atoms with Gasteiger partial charge in [-0.2, -0.15) is 0 Å². The number of fused-ring (bicyclic) bond motifs is 1. The number of rotatable bonds is 9. The Morgan fingerprint density at radius 2 is 1.43 bits per heavy atom. The maximum atomic E-state index is 11.5. The molecule has 1 N–H and O–H groups in total. The summed E-state index contributed by atoms with van der Waals surface area (Å²) in [6, 6.07) is 24.4. The van der Waals surface area contributed by atoms with Crippen molar-refractivity contribution in [2.24, 2.45) is 5.16 Å². The van der Waals surface area contributed by atoms with Crippen LogP contribution in [0.3, 0.4) is 0 Å². The summed E-state index contributed by atoms with van der Waals surface area (Å²) in [5.41, 5.74) is 3.76. The number of hydrogen-bond donors (Lipinski definition) is 1. The molecule has 0 spiro atoms. The third kappa shape index (κ3) is 4.78. The predicted molar refractivity (Wildman–Crippen MR) is 150 cm³/mol. The largest absolute Gasteiger partial charge is 0.496 e. The first-order valence-corrected chi connectivity index (χ1v) is 12.0. The van der Waals surface area contributed by atoms with Gasteiger partial charge in [0, 0.05) is 17.7 Å². The maximum absolute atomic E-state index is 11.5. The Kier molecular flexibility index (Phi) is 7.10. The van der Waals surface area contributed by atoms with Crippen LogP contribution in [0.2, 0.25) is 0 Å². The topological polar surface area (TPSA) is 142 Å². The summed E-state index contributed by atoms with van der Waals surface area (Å²) in [6.45, 7) is 0. The van der Waals surface area contributed by atoms with E-state index in [2.05, 4.69) is 10.1 Å². The highest BCUT2D eigenvalue weighted by Crippen LogP contribution is 2.45. The summed E-state index contributed by atoms with van der Waals surface area (Å²) in [5.74, 6) is 0.723. The summed E-state index contributed by atoms with van der Waals surface area (Å²) in [5, 5.41) is 27.3. The number of hydrogen-bond acceptors (Lipinski definition) is 8. The second kappa shape index (κ2) is 11.0. The van der Waals surface area contributed by atoms with Gasteiger partial charge in [-0.25, -0.2) is 0 Å². The lowest BCUT2D eigenvalue weighted by Gasteiger charge is -2.12. The minimum atomic E-state index is -0.771. The first kappa shape index (κ1) is 25.9. The molecule has 0 saturated carbocycles. The van der Waals surface area contributed by atoms with Crippen molar-refractivity contribution in [1.29, 1.82) is 0 Å². The molecule has 11 nitrogen and oxygen atoms in total. The molecule has 0 atom stereocenters. The van der Waals surface area contributed by atoms with E-state index in [1.165, 1.54) is 13.3 Å². The van der Waals surface area contributed by atoms with Gasteiger partial charge in [0.05, 0.1) is 58.5 Å². The molecular weight excluding hydrogens is 516 g/mol. The highest BCUT2D eigenvalue weighted by Gasteiger charge is 2.24. The summed E-state index contributed by atoms with van der Waals surface area (Å²) in [4.78, 5) is 29.9. The number of benzene rings is 4. The molecule has 0 aliphatic heterocycles. The van der Waals surface area contributed by atoms with E-state index in [0.717, 1.165) is 46.0 Å². The lowest BCUT2D eigenvalue weighted by Crippen LogP contribution is -1.98. The van der Waals surface area contributed by atoms with Crippen molar-refractivity contribution in [1.82, 2.24) is 4.98 Å². The van der Waals surface area contributed by atoms with E-state index >= 15 is 0 Å². The molecule has 0 amide bonds. The Morgan fingerprint density at radius 1 is 0.775 bits per heavy atom. The number of nitro groups is 2. The van der Waals surface area contributed by atoms with Crippen molar-refractivity contribution >= 4 is 28.5 Å². The fourth-order valence-electron chi connectivity index (χ4n) is 4.49. The van der Waals surface area contributed by atoms with Crippen LogP contribution in [-0.2, 0) is 0 Å². The quantitative estimate of drug-likeness (QED) is 0.124. The second-order valence-corrected chi connectivity index (χ2v) is 8.54. The number of nitrogens with one attached hydrogen (secondary N) is 1. The van der Waals surface area contributed by atoms with Crippen LogP contribution < -0.4 is 14.3 Å². The number of aromatic amines is 1. The SMILES string of the molecule is COc1cc(OC)c2c(-c3ccccc3)c(-c3ccccc3)[nH]c2c1/C=N/Oc1ccc([N+](=O)[O-])cc1[N+](=O)[O-]. The highest BCUT2D eigenvalue weighted by molar-refractivity contribution is 6.13. The molecule has 0 fully saturated rings. The molecule has 1 heterocycles. The van der Waals surface area contributed by atoms with Gasteiger partial charge in [-0.3, -0.25) is 20.2 Å². The predicted octanol–water partition coefficient (Wildman–Crippen LogP) is 6.75. The number of methoxy groups -OCH3 is 2. The van der Waals surface area contributed by atoms with Crippen LogP contribution in [0.4, 0.5) is 11.4 Å². The zero-order valence-electron chi connectivity index (χ0n) is 21.4. The van der Waals surface area contributed by atoms with E-state index in [-0.39, 0.29) is 5.75 Å². The lowest BCUT2D eigenvalue weighted by atomic mass is 9.97. The van der Waals surface area contributed by atoms with Crippen molar-refractivity contribution in [3.05, 3.63) is 111 Å².